The summed E-state index contributed by atoms with van der Waals surface area (Å²) in [4.78, 5) is 4.27. The van der Waals surface area contributed by atoms with Crippen molar-refractivity contribution in [2.75, 3.05) is 6.54 Å². The van der Waals surface area contributed by atoms with E-state index in [2.05, 4.69) is 42.6 Å². The molecule has 3 nitrogen and oxygen atoms in total. The third-order valence-corrected chi connectivity index (χ3v) is 2.35. The molecule has 0 radical (unpaired) electrons. The molecule has 0 bridgehead atoms. The molecule has 1 rings (SSSR count). The average molecular weight is 195 g/mol. The fourth-order valence-electron chi connectivity index (χ4n) is 1.32. The van der Waals surface area contributed by atoms with Gasteiger partial charge in [-0.3, -0.25) is 0 Å². The molecule has 1 N–H and O–H groups in total. The summed E-state index contributed by atoms with van der Waals surface area (Å²) >= 11 is 0. The van der Waals surface area contributed by atoms with Crippen LogP contribution < -0.4 is 5.32 Å². The molecule has 1 heterocycles. The van der Waals surface area contributed by atoms with Crippen LogP contribution in [-0.4, -0.2) is 21.6 Å². The van der Waals surface area contributed by atoms with Gasteiger partial charge in [0.2, 0.25) is 0 Å². The number of imidazole rings is 1. The number of aryl methyl sites for hydroxylation is 1. The van der Waals surface area contributed by atoms with Gasteiger partial charge in [0.05, 0.1) is 12.0 Å². The molecule has 0 aromatic carbocycles. The molecular weight excluding hydrogens is 174 g/mol. The lowest BCUT2D eigenvalue weighted by Crippen LogP contribution is -2.37. The van der Waals surface area contributed by atoms with E-state index >= 15 is 0 Å². The molecule has 0 saturated carbocycles. The van der Waals surface area contributed by atoms with Crippen molar-refractivity contribution < 1.29 is 0 Å². The molecule has 0 atom stereocenters. The molecule has 0 aliphatic heterocycles. The Balaban J connectivity index is 2.43. The van der Waals surface area contributed by atoms with E-state index in [1.165, 1.54) is 5.69 Å². The van der Waals surface area contributed by atoms with Crippen LogP contribution in [0.15, 0.2) is 6.33 Å². The van der Waals surface area contributed by atoms with Crippen molar-refractivity contribution >= 4 is 0 Å². The SMILES string of the molecule is Cc1ncn(CCNC(C)(C)C)c1C. The number of aromatic nitrogens is 2. The van der Waals surface area contributed by atoms with Crippen molar-refractivity contribution in [2.45, 2.75) is 46.7 Å². The summed E-state index contributed by atoms with van der Waals surface area (Å²) in [5, 5.41) is 3.46. The summed E-state index contributed by atoms with van der Waals surface area (Å²) in [6, 6.07) is 0. The molecule has 0 saturated heterocycles. The zero-order chi connectivity index (χ0) is 10.8. The third-order valence-electron chi connectivity index (χ3n) is 2.35. The first-order valence-electron chi connectivity index (χ1n) is 5.13. The van der Waals surface area contributed by atoms with E-state index in [1.807, 2.05) is 13.3 Å². The van der Waals surface area contributed by atoms with E-state index in [1.54, 1.807) is 0 Å². The molecule has 14 heavy (non-hydrogen) atoms. The molecule has 80 valence electrons. The Hall–Kier alpha value is -0.830. The quantitative estimate of drug-likeness (QED) is 0.798. The van der Waals surface area contributed by atoms with Gasteiger partial charge in [-0.05, 0) is 34.6 Å². The maximum atomic E-state index is 4.27. The first-order valence-corrected chi connectivity index (χ1v) is 5.13. The maximum Gasteiger partial charge on any atom is 0.0951 e. The predicted octanol–water partition coefficient (Wildman–Crippen LogP) is 1.89. The second-order valence-electron chi connectivity index (χ2n) is 4.79. The van der Waals surface area contributed by atoms with Crippen LogP contribution in [0.1, 0.15) is 32.2 Å². The lowest BCUT2D eigenvalue weighted by molar-refractivity contribution is 0.411. The van der Waals surface area contributed by atoms with Crippen molar-refractivity contribution in [3.8, 4) is 0 Å². The van der Waals surface area contributed by atoms with Gasteiger partial charge in [0.25, 0.3) is 0 Å². The standard InChI is InChI=1S/C11H21N3/c1-9-10(2)14(8-12-9)7-6-13-11(3,4)5/h8,13H,6-7H2,1-5H3. The number of hydrogen-bond acceptors (Lipinski definition) is 2. The predicted molar refractivity (Wildman–Crippen MR) is 59.5 cm³/mol. The molecule has 0 spiro atoms. The van der Waals surface area contributed by atoms with E-state index in [9.17, 15) is 0 Å². The van der Waals surface area contributed by atoms with Gasteiger partial charge in [-0.15, -0.1) is 0 Å². The smallest absolute Gasteiger partial charge is 0.0951 e. The van der Waals surface area contributed by atoms with Gasteiger partial charge in [0.15, 0.2) is 0 Å². The largest absolute Gasteiger partial charge is 0.333 e. The summed E-state index contributed by atoms with van der Waals surface area (Å²) in [6.07, 6.45) is 1.91. The summed E-state index contributed by atoms with van der Waals surface area (Å²) in [7, 11) is 0. The topological polar surface area (TPSA) is 29.9 Å². The molecule has 0 amide bonds. The summed E-state index contributed by atoms with van der Waals surface area (Å²) in [5.74, 6) is 0. The maximum absolute atomic E-state index is 4.27. The van der Waals surface area contributed by atoms with E-state index in [-0.39, 0.29) is 5.54 Å². The third kappa shape index (κ3) is 3.14. The van der Waals surface area contributed by atoms with Gasteiger partial charge < -0.3 is 9.88 Å². The van der Waals surface area contributed by atoms with E-state index in [0.717, 1.165) is 18.8 Å². The highest BCUT2D eigenvalue weighted by atomic mass is 15.1. The van der Waals surface area contributed by atoms with E-state index < -0.39 is 0 Å². The van der Waals surface area contributed by atoms with E-state index in [0.29, 0.717) is 0 Å². The normalized spacial score (nSPS) is 12.1. The van der Waals surface area contributed by atoms with Gasteiger partial charge >= 0.3 is 0 Å². The Morgan fingerprint density at radius 2 is 2.00 bits per heavy atom. The van der Waals surface area contributed by atoms with Gasteiger partial charge in [0.1, 0.15) is 0 Å². The first kappa shape index (κ1) is 11.2. The minimum atomic E-state index is 0.198. The van der Waals surface area contributed by atoms with Crippen molar-refractivity contribution in [3.05, 3.63) is 17.7 Å². The van der Waals surface area contributed by atoms with Gasteiger partial charge in [-0.25, -0.2) is 4.98 Å². The number of rotatable bonds is 3. The molecule has 1 aromatic rings. The van der Waals surface area contributed by atoms with Crippen LogP contribution in [0.2, 0.25) is 0 Å². The highest BCUT2D eigenvalue weighted by molar-refractivity contribution is 5.08. The molecule has 3 heteroatoms. The molecule has 0 aliphatic carbocycles. The molecule has 0 fully saturated rings. The lowest BCUT2D eigenvalue weighted by atomic mass is 10.1. The van der Waals surface area contributed by atoms with Crippen LogP contribution in [0.25, 0.3) is 0 Å². The second-order valence-corrected chi connectivity index (χ2v) is 4.79. The number of nitrogens with zero attached hydrogens (tertiary/aromatic N) is 2. The molecule has 0 unspecified atom stereocenters. The molecule has 0 aliphatic rings. The van der Waals surface area contributed by atoms with Crippen LogP contribution in [0.4, 0.5) is 0 Å². The molecular formula is C11H21N3. The monoisotopic (exact) mass is 195 g/mol. The fourth-order valence-corrected chi connectivity index (χ4v) is 1.32. The van der Waals surface area contributed by atoms with Gasteiger partial charge in [-0.1, -0.05) is 0 Å². The Bertz CT molecular complexity index is 294. The highest BCUT2D eigenvalue weighted by Crippen LogP contribution is 2.04. The minimum Gasteiger partial charge on any atom is -0.333 e. The van der Waals surface area contributed by atoms with Crippen molar-refractivity contribution in [3.63, 3.8) is 0 Å². The second kappa shape index (κ2) is 4.13. The Labute approximate surface area is 86.5 Å². The van der Waals surface area contributed by atoms with Gasteiger partial charge in [-0.2, -0.15) is 0 Å². The minimum absolute atomic E-state index is 0.198. The first-order chi connectivity index (χ1) is 6.40. The van der Waals surface area contributed by atoms with Crippen LogP contribution in [-0.2, 0) is 6.54 Å². The van der Waals surface area contributed by atoms with Crippen LogP contribution >= 0.6 is 0 Å². The number of nitrogens with one attached hydrogen (secondary N) is 1. The average Bonchev–Trinajstić information content (AvgIpc) is 2.33. The van der Waals surface area contributed by atoms with Crippen molar-refractivity contribution in [2.24, 2.45) is 0 Å². The van der Waals surface area contributed by atoms with Crippen LogP contribution in [0.5, 0.6) is 0 Å². The summed E-state index contributed by atoms with van der Waals surface area (Å²) in [5.41, 5.74) is 2.59. The number of hydrogen-bond donors (Lipinski definition) is 1. The molecule has 1 aromatic heterocycles. The van der Waals surface area contributed by atoms with Crippen molar-refractivity contribution in [1.82, 2.24) is 14.9 Å². The fraction of sp³-hybridized carbons (Fsp3) is 0.727. The van der Waals surface area contributed by atoms with Crippen LogP contribution in [0.3, 0.4) is 0 Å². The van der Waals surface area contributed by atoms with Gasteiger partial charge in [0, 0.05) is 24.3 Å². The lowest BCUT2D eigenvalue weighted by Gasteiger charge is -2.20. The highest BCUT2D eigenvalue weighted by Gasteiger charge is 2.08. The van der Waals surface area contributed by atoms with Crippen LogP contribution in [0, 0.1) is 13.8 Å². The van der Waals surface area contributed by atoms with Crippen molar-refractivity contribution in [1.29, 1.82) is 0 Å². The zero-order valence-corrected chi connectivity index (χ0v) is 9.89. The van der Waals surface area contributed by atoms with E-state index in [4.69, 9.17) is 0 Å². The summed E-state index contributed by atoms with van der Waals surface area (Å²) < 4.78 is 2.19. The summed E-state index contributed by atoms with van der Waals surface area (Å²) in [6.45, 7) is 12.7. The Morgan fingerprint density at radius 1 is 1.36 bits per heavy atom. The Kier molecular flexibility index (Phi) is 3.32. The zero-order valence-electron chi connectivity index (χ0n) is 9.89. The Morgan fingerprint density at radius 3 is 2.43 bits per heavy atom.